The average molecular weight is 319 g/mol. The first kappa shape index (κ1) is 15.5. The van der Waals surface area contributed by atoms with E-state index in [1.54, 1.807) is 6.92 Å². The van der Waals surface area contributed by atoms with Crippen LogP contribution in [0.15, 0.2) is 4.90 Å². The van der Waals surface area contributed by atoms with Crippen molar-refractivity contribution in [2.24, 2.45) is 5.92 Å². The molecule has 1 aromatic heterocycles. The molecule has 0 aliphatic carbocycles. The third-order valence-corrected chi connectivity index (χ3v) is 6.37. The van der Waals surface area contributed by atoms with E-state index in [4.69, 9.17) is 10.5 Å². The normalized spacial score (nSPS) is 20.0. The molecule has 8 heteroatoms. The van der Waals surface area contributed by atoms with Crippen LogP contribution in [0.5, 0.6) is 0 Å². The van der Waals surface area contributed by atoms with Gasteiger partial charge in [0.15, 0.2) is 15.7 Å². The van der Waals surface area contributed by atoms with Crippen molar-refractivity contribution in [2.45, 2.75) is 24.7 Å². The van der Waals surface area contributed by atoms with Gasteiger partial charge in [0, 0.05) is 20.2 Å². The summed E-state index contributed by atoms with van der Waals surface area (Å²) in [4.78, 5) is 2.12. The lowest BCUT2D eigenvalue weighted by molar-refractivity contribution is 0.0576. The molecule has 1 aromatic rings. The van der Waals surface area contributed by atoms with Crippen LogP contribution in [-0.4, -0.2) is 45.4 Å². The zero-order valence-electron chi connectivity index (χ0n) is 11.8. The maximum Gasteiger partial charge on any atom is 0.184 e. The van der Waals surface area contributed by atoms with Crippen LogP contribution in [0.3, 0.4) is 0 Å². The number of nitrogen functional groups attached to an aromatic ring is 1. The number of hydrogen-bond acceptors (Lipinski definition) is 7. The predicted molar refractivity (Wildman–Crippen MR) is 81.1 cm³/mol. The van der Waals surface area contributed by atoms with Crippen LogP contribution >= 0.6 is 11.5 Å². The standard InChI is InChI=1S/C12H21N3O3S2/c1-3-20(16,17)10-11(13)14-19-12(10)15(2)7-9-5-4-6-18-8-9/h9H,3-8H2,1-2H3,(H2,13,14). The Hall–Kier alpha value is -0.860. The van der Waals surface area contributed by atoms with Gasteiger partial charge in [0.05, 0.1) is 12.4 Å². The Bertz CT molecular complexity index is 550. The van der Waals surface area contributed by atoms with Gasteiger partial charge in [-0.25, -0.2) is 8.42 Å². The van der Waals surface area contributed by atoms with Gasteiger partial charge in [-0.15, -0.1) is 0 Å². The molecule has 0 amide bonds. The molecule has 2 heterocycles. The molecule has 1 unspecified atom stereocenters. The minimum atomic E-state index is -3.35. The first-order valence-corrected chi connectivity index (χ1v) is 9.15. The van der Waals surface area contributed by atoms with Gasteiger partial charge in [0.1, 0.15) is 9.90 Å². The molecule has 0 aromatic carbocycles. The minimum Gasteiger partial charge on any atom is -0.382 e. The largest absolute Gasteiger partial charge is 0.382 e. The Labute approximate surface area is 124 Å². The van der Waals surface area contributed by atoms with Crippen molar-refractivity contribution >= 4 is 32.2 Å². The monoisotopic (exact) mass is 319 g/mol. The average Bonchev–Trinajstić information content (AvgIpc) is 2.82. The second-order valence-corrected chi connectivity index (χ2v) is 8.04. The summed E-state index contributed by atoms with van der Waals surface area (Å²) < 4.78 is 33.7. The zero-order valence-corrected chi connectivity index (χ0v) is 13.5. The maximum absolute atomic E-state index is 12.1. The summed E-state index contributed by atoms with van der Waals surface area (Å²) in [6.07, 6.45) is 2.16. The molecule has 0 bridgehead atoms. The van der Waals surface area contributed by atoms with Crippen LogP contribution in [0.1, 0.15) is 19.8 Å². The third kappa shape index (κ3) is 3.24. The van der Waals surface area contributed by atoms with Gasteiger partial charge in [-0.05, 0) is 30.3 Å². The van der Waals surface area contributed by atoms with E-state index in [-0.39, 0.29) is 16.5 Å². The van der Waals surface area contributed by atoms with E-state index in [1.165, 1.54) is 0 Å². The topological polar surface area (TPSA) is 85.5 Å². The number of anilines is 2. The summed E-state index contributed by atoms with van der Waals surface area (Å²) in [5.41, 5.74) is 5.74. The van der Waals surface area contributed by atoms with Crippen LogP contribution in [-0.2, 0) is 14.6 Å². The Morgan fingerprint density at radius 1 is 1.55 bits per heavy atom. The highest BCUT2D eigenvalue weighted by Gasteiger charge is 2.27. The number of rotatable bonds is 5. The van der Waals surface area contributed by atoms with Crippen LogP contribution in [0.2, 0.25) is 0 Å². The molecule has 0 radical (unpaired) electrons. The molecule has 1 fully saturated rings. The highest BCUT2D eigenvalue weighted by Crippen LogP contribution is 2.35. The Kier molecular flexibility index (Phi) is 4.87. The fourth-order valence-corrected chi connectivity index (χ4v) is 4.69. The van der Waals surface area contributed by atoms with Crippen molar-refractivity contribution in [1.29, 1.82) is 0 Å². The fourth-order valence-electron chi connectivity index (χ4n) is 2.39. The van der Waals surface area contributed by atoms with E-state index in [0.717, 1.165) is 44.1 Å². The molecule has 2 rings (SSSR count). The lowest BCUT2D eigenvalue weighted by Gasteiger charge is -2.27. The molecule has 1 aliphatic rings. The van der Waals surface area contributed by atoms with E-state index in [2.05, 4.69) is 4.37 Å². The van der Waals surface area contributed by atoms with Gasteiger partial charge >= 0.3 is 0 Å². The molecule has 1 saturated heterocycles. The number of aromatic nitrogens is 1. The molecule has 0 saturated carbocycles. The van der Waals surface area contributed by atoms with E-state index in [9.17, 15) is 8.42 Å². The SMILES string of the molecule is CCS(=O)(=O)c1c(N)nsc1N(C)CC1CCCOC1. The van der Waals surface area contributed by atoms with Gasteiger partial charge < -0.3 is 15.4 Å². The molecular weight excluding hydrogens is 298 g/mol. The molecule has 114 valence electrons. The second-order valence-electron chi connectivity index (χ2n) is 5.07. The summed E-state index contributed by atoms with van der Waals surface area (Å²) in [5.74, 6) is 0.566. The molecule has 6 nitrogen and oxygen atoms in total. The highest BCUT2D eigenvalue weighted by molar-refractivity contribution is 7.91. The molecule has 1 atom stereocenters. The van der Waals surface area contributed by atoms with E-state index >= 15 is 0 Å². The van der Waals surface area contributed by atoms with Gasteiger partial charge in [0.25, 0.3) is 0 Å². The first-order chi connectivity index (χ1) is 9.45. The number of sulfone groups is 1. The molecular formula is C12H21N3O3S2. The lowest BCUT2D eigenvalue weighted by Crippen LogP contribution is -2.31. The number of nitrogens with zero attached hydrogens (tertiary/aromatic N) is 2. The van der Waals surface area contributed by atoms with Crippen LogP contribution < -0.4 is 10.6 Å². The second kappa shape index (κ2) is 6.28. The summed E-state index contributed by atoms with van der Waals surface area (Å²) >= 11 is 1.15. The van der Waals surface area contributed by atoms with Crippen LogP contribution in [0, 0.1) is 5.92 Å². The van der Waals surface area contributed by atoms with E-state index in [1.807, 2.05) is 11.9 Å². The van der Waals surface area contributed by atoms with Crippen LogP contribution in [0.25, 0.3) is 0 Å². The fraction of sp³-hybridized carbons (Fsp3) is 0.750. The van der Waals surface area contributed by atoms with Crippen molar-refractivity contribution in [3.05, 3.63) is 0 Å². The van der Waals surface area contributed by atoms with E-state index in [0.29, 0.717) is 10.9 Å². The Morgan fingerprint density at radius 3 is 2.90 bits per heavy atom. The lowest BCUT2D eigenvalue weighted by atomic mass is 10.0. The summed E-state index contributed by atoms with van der Waals surface area (Å²) in [6, 6.07) is 0. The molecule has 20 heavy (non-hydrogen) atoms. The number of nitrogens with two attached hydrogens (primary N) is 1. The van der Waals surface area contributed by atoms with Gasteiger partial charge in [-0.1, -0.05) is 6.92 Å². The number of ether oxygens (including phenoxy) is 1. The predicted octanol–water partition coefficient (Wildman–Crippen LogP) is 1.38. The van der Waals surface area contributed by atoms with Crippen molar-refractivity contribution in [3.8, 4) is 0 Å². The van der Waals surface area contributed by atoms with Gasteiger partial charge in [-0.3, -0.25) is 0 Å². The Morgan fingerprint density at radius 2 is 2.30 bits per heavy atom. The van der Waals surface area contributed by atoms with Gasteiger partial charge in [0.2, 0.25) is 0 Å². The summed E-state index contributed by atoms with van der Waals surface area (Å²) in [7, 11) is -1.47. The van der Waals surface area contributed by atoms with Crippen molar-refractivity contribution < 1.29 is 13.2 Å². The quantitative estimate of drug-likeness (QED) is 0.882. The third-order valence-electron chi connectivity index (χ3n) is 3.48. The summed E-state index contributed by atoms with van der Waals surface area (Å²) in [6.45, 7) is 3.93. The zero-order chi connectivity index (χ0) is 14.8. The van der Waals surface area contributed by atoms with Crippen molar-refractivity contribution in [3.63, 3.8) is 0 Å². The van der Waals surface area contributed by atoms with E-state index < -0.39 is 9.84 Å². The first-order valence-electron chi connectivity index (χ1n) is 6.72. The smallest absolute Gasteiger partial charge is 0.184 e. The molecule has 1 aliphatic heterocycles. The minimum absolute atomic E-state index is 0.0307. The van der Waals surface area contributed by atoms with Crippen LogP contribution in [0.4, 0.5) is 10.8 Å². The van der Waals surface area contributed by atoms with Gasteiger partial charge in [-0.2, -0.15) is 4.37 Å². The molecule has 0 spiro atoms. The maximum atomic E-state index is 12.1. The molecule has 2 N–H and O–H groups in total. The summed E-state index contributed by atoms with van der Waals surface area (Å²) in [5, 5.41) is 0.634. The number of hydrogen-bond donors (Lipinski definition) is 1. The van der Waals surface area contributed by atoms with Crippen molar-refractivity contribution in [1.82, 2.24) is 4.37 Å². The van der Waals surface area contributed by atoms with Crippen molar-refractivity contribution in [2.75, 3.05) is 43.2 Å². The Balaban J connectivity index is 2.20. The highest BCUT2D eigenvalue weighted by atomic mass is 32.2.